The summed E-state index contributed by atoms with van der Waals surface area (Å²) in [6.07, 6.45) is 1.87. The molecule has 14 heteroatoms. The first-order chi connectivity index (χ1) is 24.0. The second-order valence-corrected chi connectivity index (χ2v) is 14.6. The Balaban J connectivity index is 1.31. The first-order valence-electron chi connectivity index (χ1n) is 17.2. The van der Waals surface area contributed by atoms with E-state index in [0.717, 1.165) is 10.9 Å². The average Bonchev–Trinajstić information content (AvgIpc) is 3.42. The van der Waals surface area contributed by atoms with Gasteiger partial charge in [-0.15, -0.1) is 0 Å². The number of ether oxygens (including phenoxy) is 3. The van der Waals surface area contributed by atoms with E-state index in [2.05, 4.69) is 10.5 Å². The van der Waals surface area contributed by atoms with Gasteiger partial charge in [0.05, 0.1) is 41.8 Å². The highest BCUT2D eigenvalue weighted by Crippen LogP contribution is 2.39. The summed E-state index contributed by atoms with van der Waals surface area (Å²) < 4.78 is 17.6. The number of para-hydroxylation sites is 1. The molecular weight excluding hydrogens is 658 g/mol. The minimum atomic E-state index is -1.93. The lowest BCUT2D eigenvalue weighted by atomic mass is 9.86. The lowest BCUT2D eigenvalue weighted by Crippen LogP contribution is -2.44. The normalized spacial score (nSPS) is 16.7. The third-order valence-corrected chi connectivity index (χ3v) is 8.52. The number of alkyl carbamates (subject to hydrolysis) is 1. The molecule has 14 nitrogen and oxygen atoms in total. The molecule has 2 aliphatic heterocycles. The van der Waals surface area contributed by atoms with Gasteiger partial charge in [-0.1, -0.05) is 30.3 Å². The highest BCUT2D eigenvalue weighted by molar-refractivity contribution is 6.02. The number of hydrogen-bond acceptors (Lipinski definition) is 11. The number of rotatable bonds is 11. The fraction of sp³-hybridized carbons (Fsp3) is 0.514. The van der Waals surface area contributed by atoms with Gasteiger partial charge >= 0.3 is 18.2 Å². The van der Waals surface area contributed by atoms with Crippen LogP contribution in [-0.4, -0.2) is 81.4 Å². The molecule has 2 amide bonds. The van der Waals surface area contributed by atoms with Crippen molar-refractivity contribution < 1.29 is 38.5 Å². The number of aliphatic hydroxyl groups is 1. The summed E-state index contributed by atoms with van der Waals surface area (Å²) in [4.78, 5) is 63.3. The van der Waals surface area contributed by atoms with Crippen LogP contribution >= 0.6 is 0 Å². The topological polar surface area (TPSA) is 171 Å². The fourth-order valence-corrected chi connectivity index (χ4v) is 6.05. The van der Waals surface area contributed by atoms with Crippen molar-refractivity contribution in [3.63, 3.8) is 0 Å². The van der Waals surface area contributed by atoms with Crippen LogP contribution in [0.5, 0.6) is 0 Å². The molecule has 0 spiro atoms. The van der Waals surface area contributed by atoms with Crippen LogP contribution in [0.4, 0.5) is 9.59 Å². The van der Waals surface area contributed by atoms with Crippen LogP contribution in [0.3, 0.4) is 0 Å². The van der Waals surface area contributed by atoms with Gasteiger partial charge in [-0.05, 0) is 72.9 Å². The summed E-state index contributed by atoms with van der Waals surface area (Å²) in [5, 5.41) is 19.0. The third-order valence-electron chi connectivity index (χ3n) is 8.52. The Morgan fingerprint density at radius 1 is 1.08 bits per heavy atom. The lowest BCUT2D eigenvalue weighted by molar-refractivity contribution is -0.172. The van der Waals surface area contributed by atoms with E-state index < -0.39 is 35.0 Å². The van der Waals surface area contributed by atoms with Gasteiger partial charge in [-0.25, -0.2) is 19.4 Å². The maximum atomic E-state index is 13.7. The molecule has 51 heavy (non-hydrogen) atoms. The summed E-state index contributed by atoms with van der Waals surface area (Å²) in [5.41, 5.74) is 0.0753. The Labute approximate surface area is 296 Å². The number of pyridine rings is 2. The Morgan fingerprint density at radius 3 is 2.51 bits per heavy atom. The number of unbranched alkanes of at least 4 members (excludes halogenated alkanes) is 1. The third kappa shape index (κ3) is 8.33. The Hall–Kier alpha value is -4.98. The molecule has 1 aromatic carbocycles. The van der Waals surface area contributed by atoms with E-state index in [1.54, 1.807) is 70.2 Å². The molecule has 0 unspecified atom stereocenters. The number of oxime groups is 1. The lowest BCUT2D eigenvalue weighted by Gasteiger charge is -2.31. The van der Waals surface area contributed by atoms with Crippen LogP contribution in [0, 0.1) is 0 Å². The molecule has 0 fully saturated rings. The van der Waals surface area contributed by atoms with Crippen molar-refractivity contribution in [3.05, 3.63) is 62.9 Å². The fourth-order valence-electron chi connectivity index (χ4n) is 6.05. The number of hydrogen-bond donors (Lipinski definition) is 2. The van der Waals surface area contributed by atoms with Crippen molar-refractivity contribution in [2.24, 2.45) is 5.16 Å². The van der Waals surface area contributed by atoms with Gasteiger partial charge in [0.15, 0.2) is 5.60 Å². The SMILES string of the molecule is CC[C@@]1(O)C(=O)OCc2c1cc1n(c2=O)Cc2c-1nc1ccccc1c2/C=N\OCCN(CCCCNC(=O)OC(C)(C)C)C(=O)OC(C)(C)C. The molecule has 274 valence electrons. The van der Waals surface area contributed by atoms with E-state index in [4.69, 9.17) is 24.0 Å². The van der Waals surface area contributed by atoms with Crippen LogP contribution in [0.2, 0.25) is 0 Å². The maximum Gasteiger partial charge on any atom is 0.410 e. The number of benzene rings is 1. The first kappa shape index (κ1) is 37.3. The largest absolute Gasteiger partial charge is 0.458 e. The number of carbonyl (C=O) groups excluding carboxylic acids is 3. The Bertz CT molecular complexity index is 1910. The zero-order valence-electron chi connectivity index (χ0n) is 30.3. The number of nitrogens with one attached hydrogen (secondary N) is 1. The van der Waals surface area contributed by atoms with E-state index >= 15 is 0 Å². The number of esters is 1. The second kappa shape index (κ2) is 14.7. The highest BCUT2D eigenvalue weighted by Gasteiger charge is 2.45. The summed E-state index contributed by atoms with van der Waals surface area (Å²) in [7, 11) is 0. The number of cyclic esters (lactones) is 1. The number of nitrogens with zero attached hydrogens (tertiary/aromatic N) is 4. The predicted molar refractivity (Wildman–Crippen MR) is 189 cm³/mol. The van der Waals surface area contributed by atoms with Crippen LogP contribution in [-0.2, 0) is 42.6 Å². The van der Waals surface area contributed by atoms with Crippen LogP contribution < -0.4 is 10.9 Å². The minimum Gasteiger partial charge on any atom is -0.458 e. The molecule has 2 N–H and O–H groups in total. The van der Waals surface area contributed by atoms with Crippen LogP contribution in [0.25, 0.3) is 22.3 Å². The number of aromatic nitrogens is 2. The van der Waals surface area contributed by atoms with Gasteiger partial charge in [0.2, 0.25) is 0 Å². The smallest absolute Gasteiger partial charge is 0.410 e. The van der Waals surface area contributed by atoms with Crippen molar-refractivity contribution in [1.82, 2.24) is 19.8 Å². The predicted octanol–water partition coefficient (Wildman–Crippen LogP) is 4.97. The molecule has 2 aromatic heterocycles. The van der Waals surface area contributed by atoms with E-state index in [9.17, 15) is 24.3 Å². The van der Waals surface area contributed by atoms with Crippen LogP contribution in [0.1, 0.15) is 90.0 Å². The zero-order valence-corrected chi connectivity index (χ0v) is 30.3. The molecule has 5 rings (SSSR count). The Morgan fingerprint density at radius 2 is 1.80 bits per heavy atom. The molecule has 1 atom stereocenters. The maximum absolute atomic E-state index is 13.7. The van der Waals surface area contributed by atoms with E-state index in [0.29, 0.717) is 48.4 Å². The highest BCUT2D eigenvalue weighted by atomic mass is 16.6. The Kier molecular flexibility index (Phi) is 10.7. The molecule has 0 saturated carbocycles. The molecule has 0 aliphatic carbocycles. The van der Waals surface area contributed by atoms with E-state index in [1.165, 1.54) is 0 Å². The van der Waals surface area contributed by atoms with E-state index in [1.807, 2.05) is 24.3 Å². The molecule has 2 aliphatic rings. The second-order valence-electron chi connectivity index (χ2n) is 14.6. The van der Waals surface area contributed by atoms with Crippen molar-refractivity contribution >= 4 is 35.3 Å². The monoisotopic (exact) mass is 705 g/mol. The summed E-state index contributed by atoms with van der Waals surface area (Å²) in [5.74, 6) is -0.781. The standard InChI is InChI=1S/C37H47N5O9/c1-8-37(47)27-19-29-30-25(21-42(29)31(43)26(27)22-48-32(37)44)24(23-13-9-10-14-28(23)40-30)20-39-49-18-17-41(34(46)51-36(5,6)7)16-12-11-15-38-33(45)50-35(2,3)4/h9-10,13-14,19-20,47H,8,11-12,15-18,21-22H2,1-7H3,(H,38,45)/b39-20-/t37-/m0/s1. The molecule has 3 aromatic rings. The average molecular weight is 706 g/mol. The van der Waals surface area contributed by atoms with Gasteiger partial charge < -0.3 is 38.9 Å². The number of fused-ring (bicyclic) bond motifs is 5. The number of carbonyl (C=O) groups is 3. The van der Waals surface area contributed by atoms with Gasteiger partial charge in [0.1, 0.15) is 24.4 Å². The van der Waals surface area contributed by atoms with E-state index in [-0.39, 0.29) is 49.4 Å². The van der Waals surface area contributed by atoms with Crippen LogP contribution in [0.15, 0.2) is 40.3 Å². The van der Waals surface area contributed by atoms with Gasteiger partial charge in [-0.2, -0.15) is 0 Å². The van der Waals surface area contributed by atoms with Crippen molar-refractivity contribution in [3.8, 4) is 11.4 Å². The van der Waals surface area contributed by atoms with Gasteiger partial charge in [0, 0.05) is 35.2 Å². The molecule has 0 radical (unpaired) electrons. The van der Waals surface area contributed by atoms with Crippen molar-refractivity contribution in [1.29, 1.82) is 0 Å². The number of amides is 2. The quantitative estimate of drug-likeness (QED) is 0.0714. The molecule has 0 bridgehead atoms. The summed E-state index contributed by atoms with van der Waals surface area (Å²) in [6.45, 7) is 13.5. The minimum absolute atomic E-state index is 0.0473. The first-order valence-corrected chi connectivity index (χ1v) is 17.2. The molecular formula is C37H47N5O9. The van der Waals surface area contributed by atoms with Gasteiger partial charge in [-0.3, -0.25) is 4.79 Å². The summed E-state index contributed by atoms with van der Waals surface area (Å²) in [6, 6.07) is 9.18. The summed E-state index contributed by atoms with van der Waals surface area (Å²) >= 11 is 0. The zero-order chi connectivity index (χ0) is 37.1. The van der Waals surface area contributed by atoms with Crippen molar-refractivity contribution in [2.45, 2.75) is 97.7 Å². The molecule has 0 saturated heterocycles. The van der Waals surface area contributed by atoms with Crippen molar-refractivity contribution in [2.75, 3.05) is 26.2 Å². The molecule has 4 heterocycles. The van der Waals surface area contributed by atoms with Gasteiger partial charge in [0.25, 0.3) is 5.56 Å².